The lowest BCUT2D eigenvalue weighted by molar-refractivity contribution is -0.117. The number of hydrogen-bond donors (Lipinski definition) is 1. The van der Waals surface area contributed by atoms with Gasteiger partial charge in [0.05, 0.1) is 0 Å². The van der Waals surface area contributed by atoms with Gasteiger partial charge < -0.3 is 5.11 Å². The molecule has 2 nitrogen and oxygen atoms in total. The molecule has 0 aromatic rings. The van der Waals surface area contributed by atoms with Crippen LogP contribution in [-0.2, 0) is 4.79 Å². The summed E-state index contributed by atoms with van der Waals surface area (Å²) in [5.74, 6) is 1.50. The summed E-state index contributed by atoms with van der Waals surface area (Å²) < 4.78 is 0. The van der Waals surface area contributed by atoms with E-state index in [0.29, 0.717) is 12.3 Å². The number of aliphatic hydroxyl groups excluding tert-OH is 1. The third kappa shape index (κ3) is 4.93. The Bertz CT molecular complexity index is 289. The molecule has 0 radical (unpaired) electrons. The van der Waals surface area contributed by atoms with Crippen LogP contribution in [0.2, 0.25) is 0 Å². The first-order valence-electron chi connectivity index (χ1n) is 6.95. The van der Waals surface area contributed by atoms with E-state index in [2.05, 4.69) is 20.8 Å². The molecule has 2 heteroatoms. The Morgan fingerprint density at radius 3 is 2.35 bits per heavy atom. The summed E-state index contributed by atoms with van der Waals surface area (Å²) in [4.78, 5) is 11.2. The van der Waals surface area contributed by atoms with Crippen molar-refractivity contribution in [2.45, 2.75) is 65.7 Å². The van der Waals surface area contributed by atoms with Crippen molar-refractivity contribution in [3.05, 3.63) is 11.3 Å². The Hall–Kier alpha value is -0.790. The van der Waals surface area contributed by atoms with E-state index < -0.39 is 0 Å². The molecule has 1 atom stereocenters. The van der Waals surface area contributed by atoms with Gasteiger partial charge in [-0.2, -0.15) is 0 Å². The van der Waals surface area contributed by atoms with Crippen LogP contribution in [0.25, 0.3) is 0 Å². The zero-order valence-corrected chi connectivity index (χ0v) is 11.5. The maximum Gasteiger partial charge on any atom is 0.197 e. The van der Waals surface area contributed by atoms with Gasteiger partial charge in [0.15, 0.2) is 11.5 Å². The highest BCUT2D eigenvalue weighted by atomic mass is 16.3. The second kappa shape index (κ2) is 6.83. The minimum absolute atomic E-state index is 0.0625. The van der Waals surface area contributed by atoms with Crippen LogP contribution in [0.4, 0.5) is 0 Å². The summed E-state index contributed by atoms with van der Waals surface area (Å²) in [6, 6.07) is 0. The Kier molecular flexibility index (Phi) is 5.73. The maximum absolute atomic E-state index is 11.2. The number of aliphatic hydroxyl groups is 1. The minimum Gasteiger partial charge on any atom is -0.504 e. The average molecular weight is 238 g/mol. The van der Waals surface area contributed by atoms with E-state index in [1.54, 1.807) is 0 Å². The van der Waals surface area contributed by atoms with Gasteiger partial charge in [-0.3, -0.25) is 4.79 Å². The topological polar surface area (TPSA) is 37.3 Å². The van der Waals surface area contributed by atoms with E-state index >= 15 is 0 Å². The highest BCUT2D eigenvalue weighted by Crippen LogP contribution is 2.27. The second-order valence-electron chi connectivity index (χ2n) is 5.84. The van der Waals surface area contributed by atoms with Gasteiger partial charge >= 0.3 is 0 Å². The van der Waals surface area contributed by atoms with Crippen molar-refractivity contribution in [2.24, 2.45) is 11.8 Å². The third-order valence-corrected chi connectivity index (χ3v) is 3.67. The van der Waals surface area contributed by atoms with E-state index in [9.17, 15) is 9.90 Å². The molecule has 0 heterocycles. The smallest absolute Gasteiger partial charge is 0.197 e. The van der Waals surface area contributed by atoms with Crippen LogP contribution in [0.15, 0.2) is 11.3 Å². The monoisotopic (exact) mass is 238 g/mol. The summed E-state index contributed by atoms with van der Waals surface area (Å²) in [7, 11) is 0. The minimum atomic E-state index is -0.0625. The summed E-state index contributed by atoms with van der Waals surface area (Å²) in [5.41, 5.74) is 0.991. The van der Waals surface area contributed by atoms with Crippen LogP contribution in [0, 0.1) is 11.8 Å². The van der Waals surface area contributed by atoms with E-state index in [4.69, 9.17) is 0 Å². The van der Waals surface area contributed by atoms with Crippen molar-refractivity contribution in [2.75, 3.05) is 0 Å². The van der Waals surface area contributed by atoms with Crippen LogP contribution >= 0.6 is 0 Å². The molecule has 0 aromatic heterocycles. The first-order chi connectivity index (χ1) is 8.00. The molecule has 1 aliphatic carbocycles. The van der Waals surface area contributed by atoms with Crippen LogP contribution in [0.5, 0.6) is 0 Å². The normalized spacial score (nSPS) is 18.2. The van der Waals surface area contributed by atoms with Crippen molar-refractivity contribution >= 4 is 5.78 Å². The molecular formula is C15H26O2. The van der Waals surface area contributed by atoms with Gasteiger partial charge in [-0.25, -0.2) is 0 Å². The Labute approximate surface area is 105 Å². The summed E-state index contributed by atoms with van der Waals surface area (Å²) >= 11 is 0. The molecule has 0 saturated heterocycles. The fourth-order valence-electron chi connectivity index (χ4n) is 2.38. The Morgan fingerprint density at radius 1 is 1.12 bits per heavy atom. The summed E-state index contributed by atoms with van der Waals surface area (Å²) in [5, 5.41) is 9.55. The van der Waals surface area contributed by atoms with Gasteiger partial charge in [-0.15, -0.1) is 0 Å². The van der Waals surface area contributed by atoms with Gasteiger partial charge in [0.1, 0.15) is 0 Å². The standard InChI is InChI=1S/C15H26O2/c1-11(2)5-4-6-12(3)7-8-13-9-10-14(16)15(13)17/h11-12,17H,4-10H2,1-3H3/t12-/m1/s1. The fraction of sp³-hybridized carbons (Fsp3) is 0.800. The number of ketones is 1. The van der Waals surface area contributed by atoms with E-state index in [-0.39, 0.29) is 11.5 Å². The Balaban J connectivity index is 2.20. The molecule has 0 saturated carbocycles. The number of Topliss-reactive ketones (excluding diaryl/α,β-unsaturated/α-hetero) is 1. The number of allylic oxidation sites excluding steroid dienone is 2. The zero-order chi connectivity index (χ0) is 12.8. The van der Waals surface area contributed by atoms with Crippen LogP contribution in [-0.4, -0.2) is 10.9 Å². The summed E-state index contributed by atoms with van der Waals surface area (Å²) in [6.45, 7) is 6.80. The lowest BCUT2D eigenvalue weighted by atomic mass is 9.94. The molecule has 0 aromatic carbocycles. The molecule has 0 spiro atoms. The molecule has 0 unspecified atom stereocenters. The van der Waals surface area contributed by atoms with Crippen molar-refractivity contribution in [1.82, 2.24) is 0 Å². The molecule has 0 aliphatic heterocycles. The molecule has 1 N–H and O–H groups in total. The van der Waals surface area contributed by atoms with E-state index in [1.807, 2.05) is 0 Å². The largest absolute Gasteiger partial charge is 0.504 e. The SMILES string of the molecule is CC(C)CCC[C@@H](C)CCC1=C(O)C(=O)CC1. The van der Waals surface area contributed by atoms with Crippen molar-refractivity contribution < 1.29 is 9.90 Å². The number of hydrogen-bond acceptors (Lipinski definition) is 2. The lowest BCUT2D eigenvalue weighted by Gasteiger charge is -2.12. The molecule has 17 heavy (non-hydrogen) atoms. The molecule has 98 valence electrons. The van der Waals surface area contributed by atoms with Gasteiger partial charge in [0.2, 0.25) is 0 Å². The number of carbonyl (C=O) groups excluding carboxylic acids is 1. The van der Waals surface area contributed by atoms with Crippen LogP contribution in [0.3, 0.4) is 0 Å². The van der Waals surface area contributed by atoms with Crippen molar-refractivity contribution in [1.29, 1.82) is 0 Å². The predicted molar refractivity (Wildman–Crippen MR) is 71.0 cm³/mol. The van der Waals surface area contributed by atoms with Gasteiger partial charge in [-0.1, -0.05) is 40.0 Å². The van der Waals surface area contributed by atoms with Crippen LogP contribution in [0.1, 0.15) is 65.7 Å². The summed E-state index contributed by atoms with van der Waals surface area (Å²) in [6.07, 6.45) is 7.16. The first kappa shape index (κ1) is 14.3. The molecule has 0 bridgehead atoms. The first-order valence-corrected chi connectivity index (χ1v) is 6.95. The molecule has 0 fully saturated rings. The Morgan fingerprint density at radius 2 is 1.82 bits per heavy atom. The number of carbonyl (C=O) groups is 1. The van der Waals surface area contributed by atoms with Crippen LogP contribution < -0.4 is 0 Å². The maximum atomic E-state index is 11.2. The van der Waals surface area contributed by atoms with Crippen molar-refractivity contribution in [3.63, 3.8) is 0 Å². The molecule has 0 amide bonds. The fourth-order valence-corrected chi connectivity index (χ4v) is 2.38. The third-order valence-electron chi connectivity index (χ3n) is 3.67. The zero-order valence-electron chi connectivity index (χ0n) is 11.5. The molecular weight excluding hydrogens is 212 g/mol. The van der Waals surface area contributed by atoms with Crippen molar-refractivity contribution in [3.8, 4) is 0 Å². The van der Waals surface area contributed by atoms with Gasteiger partial charge in [0, 0.05) is 6.42 Å². The lowest BCUT2D eigenvalue weighted by Crippen LogP contribution is -1.99. The van der Waals surface area contributed by atoms with Gasteiger partial charge in [-0.05, 0) is 36.7 Å². The molecule has 1 aliphatic rings. The second-order valence-corrected chi connectivity index (χ2v) is 5.84. The average Bonchev–Trinajstić information content (AvgIpc) is 2.57. The molecule has 1 rings (SSSR count). The highest BCUT2D eigenvalue weighted by Gasteiger charge is 2.21. The quantitative estimate of drug-likeness (QED) is 0.713. The van der Waals surface area contributed by atoms with E-state index in [0.717, 1.165) is 30.8 Å². The number of rotatable bonds is 7. The predicted octanol–water partition coefficient (Wildman–Crippen LogP) is 4.40. The van der Waals surface area contributed by atoms with E-state index in [1.165, 1.54) is 19.3 Å². The van der Waals surface area contributed by atoms with Gasteiger partial charge in [0.25, 0.3) is 0 Å². The highest BCUT2D eigenvalue weighted by molar-refractivity contribution is 5.96.